The van der Waals surface area contributed by atoms with E-state index >= 15 is 0 Å². The minimum atomic E-state index is -2.36. The Labute approximate surface area is 125 Å². The summed E-state index contributed by atoms with van der Waals surface area (Å²) in [7, 11) is 0. The van der Waals surface area contributed by atoms with Crippen LogP contribution in [0.5, 0.6) is 0 Å². The maximum atomic E-state index is 14.1. The number of carbonyl (C=O) groups excluding carboxylic acids is 1. The maximum Gasteiger partial charge on any atom is 0.343 e. The van der Waals surface area contributed by atoms with Gasteiger partial charge in [-0.3, -0.25) is 4.79 Å². The maximum absolute atomic E-state index is 14.1. The number of hydrogen-bond acceptors (Lipinski definition) is 3. The van der Waals surface area contributed by atoms with Crippen LogP contribution in [0.15, 0.2) is 42.7 Å². The zero-order valence-electron chi connectivity index (χ0n) is 11.6. The highest BCUT2D eigenvalue weighted by Crippen LogP contribution is 2.28. The highest BCUT2D eigenvalue weighted by molar-refractivity contribution is 5.98. The van der Waals surface area contributed by atoms with Crippen molar-refractivity contribution in [3.63, 3.8) is 0 Å². The number of halogens is 1. The van der Waals surface area contributed by atoms with Gasteiger partial charge in [-0.2, -0.15) is 5.10 Å². The molecular weight excluding hydrogens is 289 g/mol. The van der Waals surface area contributed by atoms with Crippen LogP contribution < -0.4 is 0 Å². The van der Waals surface area contributed by atoms with E-state index in [2.05, 4.69) is 5.10 Å². The number of aromatic nitrogens is 2. The number of rotatable bonds is 3. The van der Waals surface area contributed by atoms with Crippen molar-refractivity contribution < 1.29 is 19.1 Å². The van der Waals surface area contributed by atoms with Gasteiger partial charge in [-0.1, -0.05) is 12.1 Å². The lowest BCUT2D eigenvalue weighted by Gasteiger charge is -2.19. The van der Waals surface area contributed by atoms with Gasteiger partial charge in [-0.15, -0.1) is 0 Å². The quantitative estimate of drug-likeness (QED) is 0.932. The van der Waals surface area contributed by atoms with Gasteiger partial charge in [-0.25, -0.2) is 13.9 Å². The van der Waals surface area contributed by atoms with Crippen molar-refractivity contribution in [3.05, 3.63) is 48.3 Å². The summed E-state index contributed by atoms with van der Waals surface area (Å²) in [6.45, 7) is -0.357. The fourth-order valence-corrected chi connectivity index (χ4v) is 2.56. The van der Waals surface area contributed by atoms with E-state index in [-0.39, 0.29) is 13.0 Å². The summed E-state index contributed by atoms with van der Waals surface area (Å²) >= 11 is 0. The third-order valence-corrected chi connectivity index (χ3v) is 3.78. The molecule has 7 heteroatoms. The number of amides is 1. The topological polar surface area (TPSA) is 75.4 Å². The number of hydrogen-bond donors (Lipinski definition) is 1. The summed E-state index contributed by atoms with van der Waals surface area (Å²) in [4.78, 5) is 24.8. The molecule has 1 aliphatic rings. The van der Waals surface area contributed by atoms with Gasteiger partial charge in [0.05, 0.1) is 17.8 Å². The molecule has 6 nitrogen and oxygen atoms in total. The molecule has 1 fully saturated rings. The van der Waals surface area contributed by atoms with Crippen LogP contribution in [0.4, 0.5) is 4.39 Å². The number of aliphatic carboxylic acids is 1. The van der Waals surface area contributed by atoms with Crippen molar-refractivity contribution in [1.29, 1.82) is 0 Å². The second-order valence-corrected chi connectivity index (χ2v) is 5.21. The molecule has 0 aliphatic carbocycles. The Bertz CT molecular complexity index is 717. The first-order valence-electron chi connectivity index (χ1n) is 6.82. The molecule has 2 aromatic rings. The molecule has 1 aromatic heterocycles. The van der Waals surface area contributed by atoms with E-state index in [1.165, 1.54) is 4.90 Å². The molecule has 1 amide bonds. The number of para-hydroxylation sites is 1. The van der Waals surface area contributed by atoms with Gasteiger partial charge in [0.25, 0.3) is 5.91 Å². The Morgan fingerprint density at radius 3 is 2.68 bits per heavy atom. The number of benzene rings is 1. The standard InChI is InChI=1S/C15H14FN3O3/c16-15(14(21)22)6-9-18(10-15)13(20)11-4-1-2-5-12(11)19-8-3-7-17-19/h1-5,7-8H,6,9-10H2,(H,21,22). The van der Waals surface area contributed by atoms with Crippen LogP contribution in [0.3, 0.4) is 0 Å². The van der Waals surface area contributed by atoms with Crippen molar-refractivity contribution in [3.8, 4) is 5.69 Å². The third-order valence-electron chi connectivity index (χ3n) is 3.78. The van der Waals surface area contributed by atoms with Crippen LogP contribution in [0.1, 0.15) is 16.8 Å². The molecule has 2 heterocycles. The minimum absolute atomic E-state index is 0.0784. The molecular formula is C15H14FN3O3. The lowest BCUT2D eigenvalue weighted by atomic mass is 10.1. The first-order chi connectivity index (χ1) is 10.5. The van der Waals surface area contributed by atoms with E-state index < -0.39 is 24.1 Å². The largest absolute Gasteiger partial charge is 0.479 e. The van der Waals surface area contributed by atoms with Gasteiger partial charge in [0.2, 0.25) is 5.67 Å². The Hall–Kier alpha value is -2.70. The van der Waals surface area contributed by atoms with E-state index in [0.717, 1.165) is 0 Å². The Kier molecular flexibility index (Phi) is 3.40. The minimum Gasteiger partial charge on any atom is -0.479 e. The third kappa shape index (κ3) is 2.34. The average molecular weight is 303 g/mol. The van der Waals surface area contributed by atoms with E-state index in [1.807, 2.05) is 0 Å². The highest BCUT2D eigenvalue weighted by Gasteiger charge is 2.47. The number of nitrogens with zero attached hydrogens (tertiary/aromatic N) is 3. The lowest BCUT2D eigenvalue weighted by molar-refractivity contribution is -0.149. The van der Waals surface area contributed by atoms with Crippen molar-refractivity contribution >= 4 is 11.9 Å². The molecule has 1 saturated heterocycles. The van der Waals surface area contributed by atoms with Crippen LogP contribution in [-0.2, 0) is 4.79 Å². The number of alkyl halides is 1. The predicted molar refractivity (Wildman–Crippen MR) is 75.6 cm³/mol. The number of carboxylic acids is 1. The lowest BCUT2D eigenvalue weighted by Crippen LogP contribution is -2.39. The second kappa shape index (κ2) is 5.25. The normalized spacial score (nSPS) is 21.0. The zero-order chi connectivity index (χ0) is 15.7. The molecule has 1 atom stereocenters. The first kappa shape index (κ1) is 14.2. The fourth-order valence-electron chi connectivity index (χ4n) is 2.56. The molecule has 3 rings (SSSR count). The van der Waals surface area contributed by atoms with Crippen LogP contribution in [0.25, 0.3) is 5.69 Å². The van der Waals surface area contributed by atoms with E-state index in [0.29, 0.717) is 11.3 Å². The summed E-state index contributed by atoms with van der Waals surface area (Å²) < 4.78 is 15.7. The second-order valence-electron chi connectivity index (χ2n) is 5.21. The summed E-state index contributed by atoms with van der Waals surface area (Å²) in [5, 5.41) is 13.0. The molecule has 1 N–H and O–H groups in total. The number of carbonyl (C=O) groups is 2. The summed E-state index contributed by atoms with van der Waals surface area (Å²) in [5.74, 6) is -1.92. The summed E-state index contributed by atoms with van der Waals surface area (Å²) in [5.41, 5.74) is -1.43. The van der Waals surface area contributed by atoms with Gasteiger partial charge in [0.1, 0.15) is 0 Å². The predicted octanol–water partition coefficient (Wildman–Crippen LogP) is 1.51. The molecule has 0 bridgehead atoms. The molecule has 1 aliphatic heterocycles. The molecule has 1 aromatic carbocycles. The molecule has 0 spiro atoms. The SMILES string of the molecule is O=C(c1ccccc1-n1cccn1)N1CCC(F)(C(=O)O)C1. The van der Waals surface area contributed by atoms with Crippen molar-refractivity contribution in [2.45, 2.75) is 12.1 Å². The van der Waals surface area contributed by atoms with Crippen molar-refractivity contribution in [1.82, 2.24) is 14.7 Å². The van der Waals surface area contributed by atoms with E-state index in [1.54, 1.807) is 47.4 Å². The summed E-state index contributed by atoms with van der Waals surface area (Å²) in [6, 6.07) is 8.56. The first-order valence-corrected chi connectivity index (χ1v) is 6.82. The monoisotopic (exact) mass is 303 g/mol. The Morgan fingerprint density at radius 1 is 1.27 bits per heavy atom. The molecule has 22 heavy (non-hydrogen) atoms. The molecule has 114 valence electrons. The Balaban J connectivity index is 1.90. The Morgan fingerprint density at radius 2 is 2.05 bits per heavy atom. The van der Waals surface area contributed by atoms with E-state index in [4.69, 9.17) is 5.11 Å². The van der Waals surface area contributed by atoms with Gasteiger partial charge in [-0.05, 0) is 18.2 Å². The van der Waals surface area contributed by atoms with Gasteiger partial charge in [0, 0.05) is 25.4 Å². The number of likely N-dealkylation sites (tertiary alicyclic amines) is 1. The van der Waals surface area contributed by atoms with Crippen LogP contribution >= 0.6 is 0 Å². The van der Waals surface area contributed by atoms with Crippen LogP contribution in [-0.4, -0.2) is 50.4 Å². The van der Waals surface area contributed by atoms with Gasteiger partial charge in [0.15, 0.2) is 0 Å². The number of carboxylic acid groups (broad SMARTS) is 1. The van der Waals surface area contributed by atoms with E-state index in [9.17, 15) is 14.0 Å². The van der Waals surface area contributed by atoms with Gasteiger partial charge < -0.3 is 10.0 Å². The van der Waals surface area contributed by atoms with Crippen molar-refractivity contribution in [2.75, 3.05) is 13.1 Å². The molecule has 0 radical (unpaired) electrons. The highest BCUT2D eigenvalue weighted by atomic mass is 19.1. The molecule has 1 unspecified atom stereocenters. The van der Waals surface area contributed by atoms with Crippen molar-refractivity contribution in [2.24, 2.45) is 0 Å². The summed E-state index contributed by atoms with van der Waals surface area (Å²) in [6.07, 6.45) is 3.10. The fraction of sp³-hybridized carbons (Fsp3) is 0.267. The average Bonchev–Trinajstić information content (AvgIpc) is 3.17. The van der Waals surface area contributed by atoms with Crippen LogP contribution in [0, 0.1) is 0 Å². The smallest absolute Gasteiger partial charge is 0.343 e. The zero-order valence-corrected chi connectivity index (χ0v) is 11.6. The molecule has 0 saturated carbocycles. The van der Waals surface area contributed by atoms with Gasteiger partial charge >= 0.3 is 5.97 Å². The van der Waals surface area contributed by atoms with Crippen LogP contribution in [0.2, 0.25) is 0 Å².